The molecule has 0 atom stereocenters. The Balaban J connectivity index is 1.39. The lowest BCUT2D eigenvalue weighted by Crippen LogP contribution is -2.17. The number of hydrazone groups is 1. The number of hydrogen-bond donors (Lipinski definition) is 2. The summed E-state index contributed by atoms with van der Waals surface area (Å²) >= 11 is 1.50. The topological polar surface area (TPSA) is 110 Å². The molecule has 0 aliphatic rings. The molecule has 8 nitrogen and oxygen atoms in total. The zero-order valence-electron chi connectivity index (χ0n) is 17.6. The van der Waals surface area contributed by atoms with Gasteiger partial charge in [-0.1, -0.05) is 42.0 Å². The molecule has 33 heavy (non-hydrogen) atoms. The van der Waals surface area contributed by atoms with E-state index < -0.39 is 10.8 Å². The van der Waals surface area contributed by atoms with Gasteiger partial charge in [0.2, 0.25) is 0 Å². The number of anilines is 2. The van der Waals surface area contributed by atoms with E-state index >= 15 is 0 Å². The normalized spacial score (nSPS) is 10.8. The fraction of sp³-hybridized carbons (Fsp3) is 0.0417. The van der Waals surface area contributed by atoms with Crippen LogP contribution < -0.4 is 10.7 Å². The van der Waals surface area contributed by atoms with E-state index in [0.29, 0.717) is 11.1 Å². The molecule has 9 heteroatoms. The van der Waals surface area contributed by atoms with Crippen LogP contribution in [-0.4, -0.2) is 22.0 Å². The van der Waals surface area contributed by atoms with Crippen LogP contribution in [0, 0.1) is 17.0 Å². The van der Waals surface area contributed by atoms with Crippen LogP contribution in [-0.2, 0) is 0 Å². The largest absolute Gasteiger partial charge is 0.332 e. The van der Waals surface area contributed by atoms with Crippen molar-refractivity contribution in [3.05, 3.63) is 105 Å². The molecule has 0 saturated heterocycles. The van der Waals surface area contributed by atoms with E-state index in [1.165, 1.54) is 29.2 Å². The van der Waals surface area contributed by atoms with Crippen LogP contribution in [0.2, 0.25) is 0 Å². The average Bonchev–Trinajstić information content (AvgIpc) is 3.29. The van der Waals surface area contributed by atoms with Gasteiger partial charge in [-0.3, -0.25) is 14.9 Å². The molecule has 4 rings (SSSR count). The monoisotopic (exact) mass is 457 g/mol. The van der Waals surface area contributed by atoms with Gasteiger partial charge < -0.3 is 5.32 Å². The molecule has 0 spiro atoms. The molecule has 3 aromatic carbocycles. The maximum Gasteiger partial charge on any atom is 0.278 e. The molecule has 0 aliphatic carbocycles. The Hall–Kier alpha value is -4.37. The summed E-state index contributed by atoms with van der Waals surface area (Å²) in [5, 5.41) is 20.9. The minimum absolute atomic E-state index is 0.0839. The summed E-state index contributed by atoms with van der Waals surface area (Å²) in [6.45, 7) is 2.04. The van der Waals surface area contributed by atoms with Crippen LogP contribution in [0.4, 0.5) is 16.5 Å². The fourth-order valence-electron chi connectivity index (χ4n) is 3.00. The molecular weight excluding hydrogens is 438 g/mol. The molecular formula is C24H19N5O3S. The number of nitro benzene ring substituents is 1. The number of nitrogens with one attached hydrogen (secondary N) is 2. The van der Waals surface area contributed by atoms with Crippen molar-refractivity contribution in [2.24, 2.45) is 5.10 Å². The summed E-state index contributed by atoms with van der Waals surface area (Å²) in [7, 11) is 0. The predicted molar refractivity (Wildman–Crippen MR) is 130 cm³/mol. The van der Waals surface area contributed by atoms with E-state index in [1.54, 1.807) is 30.3 Å². The lowest BCUT2D eigenvalue weighted by molar-refractivity contribution is -0.385. The zero-order valence-corrected chi connectivity index (χ0v) is 18.4. The minimum Gasteiger partial charge on any atom is -0.332 e. The number of rotatable bonds is 7. The highest BCUT2D eigenvalue weighted by atomic mass is 32.1. The number of aryl methyl sites for hydroxylation is 1. The second-order valence-corrected chi connectivity index (χ2v) is 7.98. The summed E-state index contributed by atoms with van der Waals surface area (Å²) in [6.07, 6.45) is 1.25. The van der Waals surface area contributed by atoms with Crippen LogP contribution >= 0.6 is 11.3 Å². The van der Waals surface area contributed by atoms with Gasteiger partial charge in [0.25, 0.3) is 11.6 Å². The smallest absolute Gasteiger partial charge is 0.278 e. The molecule has 1 aromatic heterocycles. The Labute approximate surface area is 193 Å². The van der Waals surface area contributed by atoms with Gasteiger partial charge >= 0.3 is 0 Å². The Morgan fingerprint density at radius 3 is 2.52 bits per heavy atom. The molecule has 1 amide bonds. The van der Waals surface area contributed by atoms with Crippen LogP contribution in [0.15, 0.2) is 83.3 Å². The maximum absolute atomic E-state index is 12.4. The minimum atomic E-state index is -0.498. The Morgan fingerprint density at radius 2 is 1.79 bits per heavy atom. The highest BCUT2D eigenvalue weighted by molar-refractivity contribution is 7.14. The second-order valence-electron chi connectivity index (χ2n) is 7.12. The first-order valence-corrected chi connectivity index (χ1v) is 10.8. The number of amides is 1. The molecule has 164 valence electrons. The highest BCUT2D eigenvalue weighted by Gasteiger charge is 2.11. The van der Waals surface area contributed by atoms with Gasteiger partial charge in [-0.15, -0.1) is 11.3 Å². The molecule has 0 radical (unpaired) electrons. The van der Waals surface area contributed by atoms with Crippen LogP contribution in [0.5, 0.6) is 0 Å². The van der Waals surface area contributed by atoms with Gasteiger partial charge in [0.15, 0.2) is 5.13 Å². The number of aromatic nitrogens is 1. The SMILES string of the molecule is Cc1ccc(Nc2nc(-c3ccc(C(=O)N/N=C\c4ccccc4[N+](=O)[O-])cc3)cs2)cc1. The van der Waals surface area contributed by atoms with Crippen LogP contribution in [0.25, 0.3) is 11.3 Å². The lowest BCUT2D eigenvalue weighted by Gasteiger charge is -2.03. The average molecular weight is 458 g/mol. The number of para-hydroxylation sites is 1. The van der Waals surface area contributed by atoms with Gasteiger partial charge in [-0.25, -0.2) is 10.4 Å². The third kappa shape index (κ3) is 5.46. The van der Waals surface area contributed by atoms with Gasteiger partial charge in [-0.05, 0) is 37.3 Å². The number of carbonyl (C=O) groups is 1. The van der Waals surface area contributed by atoms with E-state index in [9.17, 15) is 14.9 Å². The van der Waals surface area contributed by atoms with E-state index in [2.05, 4.69) is 20.8 Å². The van der Waals surface area contributed by atoms with E-state index in [4.69, 9.17) is 0 Å². The number of nitro groups is 1. The Morgan fingerprint density at radius 1 is 1.06 bits per heavy atom. The first kappa shape index (κ1) is 21.8. The van der Waals surface area contributed by atoms with E-state index in [1.807, 2.05) is 48.7 Å². The van der Waals surface area contributed by atoms with Crippen LogP contribution in [0.1, 0.15) is 21.5 Å². The number of benzene rings is 3. The highest BCUT2D eigenvalue weighted by Crippen LogP contribution is 2.27. The lowest BCUT2D eigenvalue weighted by atomic mass is 10.1. The standard InChI is InChI=1S/C24H19N5O3S/c1-16-6-12-20(13-7-16)26-24-27-21(15-33-24)17-8-10-18(11-9-17)23(30)28-25-14-19-4-2-3-5-22(19)29(31)32/h2-15H,1H3,(H,26,27)(H,28,30)/b25-14-. The van der Waals surface area contributed by atoms with Gasteiger partial charge in [0, 0.05) is 28.3 Å². The summed E-state index contributed by atoms with van der Waals surface area (Å²) < 4.78 is 0. The van der Waals surface area contributed by atoms with Gasteiger partial charge in [0.05, 0.1) is 22.4 Å². The Bertz CT molecular complexity index is 1310. The Kier molecular flexibility index (Phi) is 6.51. The third-order valence-electron chi connectivity index (χ3n) is 4.75. The molecule has 4 aromatic rings. The van der Waals surface area contributed by atoms with Crippen molar-refractivity contribution < 1.29 is 9.72 Å². The van der Waals surface area contributed by atoms with Crippen molar-refractivity contribution in [1.29, 1.82) is 0 Å². The fourth-order valence-corrected chi connectivity index (χ4v) is 3.74. The number of nitrogens with zero attached hydrogens (tertiary/aromatic N) is 3. The second kappa shape index (κ2) is 9.84. The number of thiazole rings is 1. The molecule has 0 unspecified atom stereocenters. The van der Waals surface area contributed by atoms with Crippen molar-refractivity contribution in [1.82, 2.24) is 10.4 Å². The molecule has 0 fully saturated rings. The molecule has 2 N–H and O–H groups in total. The maximum atomic E-state index is 12.4. The van der Waals surface area contributed by atoms with Crippen LogP contribution in [0.3, 0.4) is 0 Å². The van der Waals surface area contributed by atoms with Crippen molar-refractivity contribution in [3.8, 4) is 11.3 Å². The number of carbonyl (C=O) groups excluding carboxylic acids is 1. The van der Waals surface area contributed by atoms with Crippen molar-refractivity contribution in [3.63, 3.8) is 0 Å². The predicted octanol–water partition coefficient (Wildman–Crippen LogP) is 5.53. The van der Waals surface area contributed by atoms with Gasteiger partial charge in [0.1, 0.15) is 0 Å². The van der Waals surface area contributed by atoms with Crippen molar-refractivity contribution >= 4 is 40.0 Å². The molecule has 1 heterocycles. The zero-order chi connectivity index (χ0) is 23.2. The molecule has 0 aliphatic heterocycles. The summed E-state index contributed by atoms with van der Waals surface area (Å²) in [4.78, 5) is 27.5. The summed E-state index contributed by atoms with van der Waals surface area (Å²) in [6, 6.07) is 21.2. The van der Waals surface area contributed by atoms with E-state index in [-0.39, 0.29) is 5.69 Å². The quantitative estimate of drug-likeness (QED) is 0.215. The van der Waals surface area contributed by atoms with Gasteiger partial charge in [-0.2, -0.15) is 5.10 Å². The third-order valence-corrected chi connectivity index (χ3v) is 5.51. The summed E-state index contributed by atoms with van der Waals surface area (Å²) in [5.74, 6) is -0.420. The first-order chi connectivity index (χ1) is 16.0. The molecule has 0 bridgehead atoms. The van der Waals surface area contributed by atoms with Crippen molar-refractivity contribution in [2.45, 2.75) is 6.92 Å². The number of hydrogen-bond acceptors (Lipinski definition) is 7. The first-order valence-electron chi connectivity index (χ1n) is 9.96. The van der Waals surface area contributed by atoms with E-state index in [0.717, 1.165) is 22.1 Å². The molecule has 0 saturated carbocycles. The summed E-state index contributed by atoms with van der Waals surface area (Å²) in [5.41, 5.74) is 6.86. The van der Waals surface area contributed by atoms with Crippen molar-refractivity contribution in [2.75, 3.05) is 5.32 Å².